The second-order valence-electron chi connectivity index (χ2n) is 3.91. The zero-order chi connectivity index (χ0) is 14.9. The summed E-state index contributed by atoms with van der Waals surface area (Å²) < 4.78 is 0. The van der Waals surface area contributed by atoms with Gasteiger partial charge in [0.2, 0.25) is 0 Å². The molecular weight excluding hydrogens is 290 g/mol. The Balaban J connectivity index is 2.43. The summed E-state index contributed by atoms with van der Waals surface area (Å²) in [4.78, 5) is 32.2. The number of amides is 2. The highest BCUT2D eigenvalue weighted by Gasteiger charge is 2.22. The highest BCUT2D eigenvalue weighted by atomic mass is 35.5. The molecule has 0 fully saturated rings. The second-order valence-corrected chi connectivity index (χ2v) is 4.32. The van der Waals surface area contributed by atoms with E-state index in [4.69, 9.17) is 11.6 Å². The molecule has 1 atom stereocenters. The number of benzene rings is 1. The van der Waals surface area contributed by atoms with Crippen LogP contribution in [0.5, 0.6) is 0 Å². The predicted octanol–water partition coefficient (Wildman–Crippen LogP) is 0.236. The smallest absolute Gasteiger partial charge is 0.320 e. The number of hydrogen-bond donors (Lipinski definition) is 2. The minimum atomic E-state index is -1.55. The monoisotopic (exact) mass is 296 g/mol. The number of hydrogen-bond acceptors (Lipinski definition) is 5. The van der Waals surface area contributed by atoms with Crippen LogP contribution < -0.4 is 15.7 Å². The number of rotatable bonds is 3. The first-order valence-electron chi connectivity index (χ1n) is 5.33. The summed E-state index contributed by atoms with van der Waals surface area (Å²) in [5, 5.41) is 26.0. The summed E-state index contributed by atoms with van der Waals surface area (Å²) in [5.74, 6) is -1.55. The third kappa shape index (κ3) is 2.69. The molecule has 0 unspecified atom stereocenters. The first-order chi connectivity index (χ1) is 9.38. The molecule has 0 aromatic heterocycles. The quantitative estimate of drug-likeness (QED) is 0.610. The summed E-state index contributed by atoms with van der Waals surface area (Å²) in [5.41, 5.74) is -0.411. The summed E-state index contributed by atoms with van der Waals surface area (Å²) in [6.07, 6.45) is 1.18. The predicted molar refractivity (Wildman–Crippen MR) is 65.6 cm³/mol. The molecule has 1 heterocycles. The maximum absolute atomic E-state index is 11.3. The molecule has 1 aromatic carbocycles. The van der Waals surface area contributed by atoms with Crippen molar-refractivity contribution in [2.75, 3.05) is 0 Å². The first-order valence-corrected chi connectivity index (χ1v) is 5.71. The summed E-state index contributed by atoms with van der Waals surface area (Å²) in [7, 11) is 0. The molecule has 2 rings (SSSR count). The van der Waals surface area contributed by atoms with Gasteiger partial charge in [-0.1, -0.05) is 17.7 Å². The average molecular weight is 297 g/mol. The molecule has 8 nitrogen and oxygen atoms in total. The van der Waals surface area contributed by atoms with E-state index in [1.54, 1.807) is 0 Å². The Hall–Kier alpha value is -2.61. The molecule has 20 heavy (non-hydrogen) atoms. The van der Waals surface area contributed by atoms with Crippen molar-refractivity contribution in [2.24, 2.45) is 0 Å². The van der Waals surface area contributed by atoms with E-state index < -0.39 is 28.7 Å². The van der Waals surface area contributed by atoms with Crippen molar-refractivity contribution in [2.45, 2.75) is 6.04 Å². The number of nitrogens with zero attached hydrogens (tertiary/aromatic N) is 1. The summed E-state index contributed by atoms with van der Waals surface area (Å²) >= 11 is 5.68. The van der Waals surface area contributed by atoms with E-state index in [1.807, 2.05) is 0 Å². The molecule has 2 amide bonds. The lowest BCUT2D eigenvalue weighted by molar-refractivity contribution is -0.384. The number of nitrogens with one attached hydrogen (secondary N) is 2. The maximum Gasteiger partial charge on any atom is 0.320 e. The van der Waals surface area contributed by atoms with Crippen LogP contribution in [0.25, 0.3) is 0 Å². The first kappa shape index (κ1) is 13.8. The Morgan fingerprint density at radius 3 is 2.70 bits per heavy atom. The Morgan fingerprint density at radius 1 is 1.40 bits per heavy atom. The van der Waals surface area contributed by atoms with Crippen molar-refractivity contribution in [3.63, 3.8) is 0 Å². The lowest BCUT2D eigenvalue weighted by Gasteiger charge is -2.24. The van der Waals surface area contributed by atoms with Gasteiger partial charge in [-0.3, -0.25) is 10.1 Å². The van der Waals surface area contributed by atoms with Crippen molar-refractivity contribution < 1.29 is 19.6 Å². The van der Waals surface area contributed by atoms with E-state index in [2.05, 4.69) is 10.6 Å². The minimum absolute atomic E-state index is 0.0527. The van der Waals surface area contributed by atoms with Gasteiger partial charge in [-0.2, -0.15) is 0 Å². The fourth-order valence-corrected chi connectivity index (χ4v) is 1.90. The van der Waals surface area contributed by atoms with Crippen LogP contribution in [0.4, 0.5) is 10.5 Å². The Kier molecular flexibility index (Phi) is 3.57. The fourth-order valence-electron chi connectivity index (χ4n) is 1.71. The zero-order valence-electron chi connectivity index (χ0n) is 9.75. The van der Waals surface area contributed by atoms with Crippen LogP contribution in [-0.2, 0) is 4.79 Å². The van der Waals surface area contributed by atoms with Gasteiger partial charge in [0.1, 0.15) is 5.02 Å². The number of carboxylic acids is 1. The standard InChI is InChI=1S/C11H8ClN3O5/c12-6-2-1-5(3-9(6)15(19)20)7-4-8(10(16)17)14-11(18)13-7/h1-4,7H,(H,16,17)(H2,13,14,18)/p-1/t7-/m1/s1. The molecule has 9 heteroatoms. The van der Waals surface area contributed by atoms with Gasteiger partial charge < -0.3 is 20.5 Å². The summed E-state index contributed by atoms with van der Waals surface area (Å²) in [6.45, 7) is 0. The van der Waals surface area contributed by atoms with E-state index in [0.717, 1.165) is 0 Å². The Labute approximate surface area is 117 Å². The third-order valence-corrected chi connectivity index (χ3v) is 2.93. The van der Waals surface area contributed by atoms with Crippen LogP contribution in [0.15, 0.2) is 30.0 Å². The molecule has 0 bridgehead atoms. The van der Waals surface area contributed by atoms with Crippen LogP contribution in [0.3, 0.4) is 0 Å². The van der Waals surface area contributed by atoms with Crippen LogP contribution in [-0.4, -0.2) is 16.9 Å². The second kappa shape index (κ2) is 5.17. The number of carboxylic acid groups (broad SMARTS) is 1. The number of halogens is 1. The lowest BCUT2D eigenvalue weighted by Crippen LogP contribution is -2.46. The lowest BCUT2D eigenvalue weighted by atomic mass is 10.0. The van der Waals surface area contributed by atoms with Crippen molar-refractivity contribution >= 4 is 29.3 Å². The molecular formula is C11H7ClN3O5-. The van der Waals surface area contributed by atoms with Gasteiger partial charge in [-0.05, 0) is 17.7 Å². The average Bonchev–Trinajstić information content (AvgIpc) is 2.38. The van der Waals surface area contributed by atoms with Crippen LogP contribution >= 0.6 is 11.6 Å². The number of nitro groups is 1. The molecule has 1 aliphatic rings. The van der Waals surface area contributed by atoms with Gasteiger partial charge in [0.25, 0.3) is 5.69 Å². The van der Waals surface area contributed by atoms with E-state index in [-0.39, 0.29) is 10.7 Å². The largest absolute Gasteiger partial charge is 0.543 e. The Morgan fingerprint density at radius 2 is 2.10 bits per heavy atom. The molecule has 2 N–H and O–H groups in total. The highest BCUT2D eigenvalue weighted by Crippen LogP contribution is 2.29. The van der Waals surface area contributed by atoms with Crippen molar-refractivity contribution in [3.05, 3.63) is 50.7 Å². The number of aliphatic carboxylic acids is 1. The van der Waals surface area contributed by atoms with Crippen molar-refractivity contribution in [1.82, 2.24) is 10.6 Å². The van der Waals surface area contributed by atoms with Crippen molar-refractivity contribution in [1.29, 1.82) is 0 Å². The molecule has 104 valence electrons. The van der Waals surface area contributed by atoms with E-state index >= 15 is 0 Å². The fraction of sp³-hybridized carbons (Fsp3) is 0.0909. The van der Waals surface area contributed by atoms with E-state index in [9.17, 15) is 24.8 Å². The van der Waals surface area contributed by atoms with Gasteiger partial charge in [-0.15, -0.1) is 0 Å². The van der Waals surface area contributed by atoms with Gasteiger partial charge in [0.05, 0.1) is 22.6 Å². The third-order valence-electron chi connectivity index (χ3n) is 2.61. The summed E-state index contributed by atoms with van der Waals surface area (Å²) in [6, 6.07) is 2.36. The van der Waals surface area contributed by atoms with Gasteiger partial charge in [0.15, 0.2) is 0 Å². The SMILES string of the molecule is O=C1NC(C(=O)[O-])=C[C@H](c2ccc(Cl)c([N+](=O)[O-])c2)N1. The highest BCUT2D eigenvalue weighted by molar-refractivity contribution is 6.32. The van der Waals surface area contributed by atoms with E-state index in [1.165, 1.54) is 24.3 Å². The van der Waals surface area contributed by atoms with Crippen LogP contribution in [0.1, 0.15) is 11.6 Å². The molecule has 1 aromatic rings. The van der Waals surface area contributed by atoms with E-state index in [0.29, 0.717) is 5.56 Å². The molecule has 0 spiro atoms. The van der Waals surface area contributed by atoms with Gasteiger partial charge >= 0.3 is 6.03 Å². The van der Waals surface area contributed by atoms with Crippen LogP contribution in [0.2, 0.25) is 5.02 Å². The zero-order valence-corrected chi connectivity index (χ0v) is 10.5. The minimum Gasteiger partial charge on any atom is -0.543 e. The normalized spacial score (nSPS) is 17.8. The number of nitro benzene ring substituents is 1. The molecule has 0 aliphatic carbocycles. The van der Waals surface area contributed by atoms with Crippen LogP contribution in [0, 0.1) is 10.1 Å². The molecule has 0 saturated heterocycles. The number of carbonyl (C=O) groups excluding carboxylic acids is 2. The van der Waals surface area contributed by atoms with Gasteiger partial charge in [-0.25, -0.2) is 4.79 Å². The maximum atomic E-state index is 11.3. The number of urea groups is 1. The van der Waals surface area contributed by atoms with Crippen molar-refractivity contribution in [3.8, 4) is 0 Å². The van der Waals surface area contributed by atoms with Gasteiger partial charge in [0, 0.05) is 6.07 Å². The Bertz CT molecular complexity index is 643. The number of carbonyl (C=O) groups is 2. The topological polar surface area (TPSA) is 124 Å². The molecule has 0 radical (unpaired) electrons. The molecule has 0 saturated carbocycles. The molecule has 1 aliphatic heterocycles.